The van der Waals surface area contributed by atoms with E-state index in [-0.39, 0.29) is 17.4 Å². The minimum atomic E-state index is 0.0248. The topological polar surface area (TPSA) is 38.0 Å². The molecule has 0 spiro atoms. The highest BCUT2D eigenvalue weighted by Gasteiger charge is 2.35. The smallest absolute Gasteiger partial charge is 0.251 e. The van der Waals surface area contributed by atoms with Crippen molar-refractivity contribution in [1.29, 1.82) is 0 Å². The molecule has 1 aromatic heterocycles. The molecule has 29 heavy (non-hydrogen) atoms. The average molecular weight is 416 g/mol. The van der Waals surface area contributed by atoms with Crippen molar-refractivity contribution in [3.05, 3.63) is 57.8 Å². The van der Waals surface area contributed by atoms with Gasteiger partial charge in [-0.15, -0.1) is 11.3 Å². The first kappa shape index (κ1) is 22.0. The predicted molar refractivity (Wildman–Crippen MR) is 121 cm³/mol. The number of hydrogen-bond acceptors (Lipinski definition) is 2. The number of carbonyl (C=O) groups is 1. The zero-order chi connectivity index (χ0) is 21.0. The predicted octanol–water partition coefficient (Wildman–Crippen LogP) is 1.71. The van der Waals surface area contributed by atoms with Gasteiger partial charge in [-0.3, -0.25) is 4.79 Å². The minimum Gasteiger partial charge on any atom is -0.343 e. The summed E-state index contributed by atoms with van der Waals surface area (Å²) in [5, 5.41) is 5.45. The second-order valence-corrected chi connectivity index (χ2v) is 10.3. The van der Waals surface area contributed by atoms with E-state index in [0.29, 0.717) is 6.04 Å². The van der Waals surface area contributed by atoms with Crippen LogP contribution in [0.25, 0.3) is 0 Å². The van der Waals surface area contributed by atoms with Gasteiger partial charge in [-0.1, -0.05) is 39.0 Å². The molecule has 2 atom stereocenters. The first-order chi connectivity index (χ1) is 13.8. The Hall–Kier alpha value is -1.69. The average Bonchev–Trinajstić information content (AvgIpc) is 3.22. The number of carbonyl (C=O) groups excluding carboxylic acids is 1. The summed E-state index contributed by atoms with van der Waals surface area (Å²) in [6.45, 7) is 17.0. The molecular formula is C24H37N3OS+2. The molecule has 0 bridgehead atoms. The normalized spacial score (nSPS) is 22.1. The maximum Gasteiger partial charge on any atom is 0.251 e. The van der Waals surface area contributed by atoms with Gasteiger partial charge in [0, 0.05) is 5.56 Å². The quantitative estimate of drug-likeness (QED) is 0.660. The molecule has 3 rings (SSSR count). The fourth-order valence-electron chi connectivity index (χ4n) is 4.35. The van der Waals surface area contributed by atoms with Crippen molar-refractivity contribution in [2.24, 2.45) is 0 Å². The summed E-state index contributed by atoms with van der Waals surface area (Å²) in [6, 6.07) is 12.8. The molecule has 1 aliphatic rings. The first-order valence-electron chi connectivity index (χ1n) is 10.9. The number of hydrogen-bond donors (Lipinski definition) is 3. The zero-order valence-corrected chi connectivity index (χ0v) is 19.4. The maximum atomic E-state index is 13.0. The Labute approximate surface area is 179 Å². The van der Waals surface area contributed by atoms with Crippen LogP contribution in [0.15, 0.2) is 41.8 Å². The molecule has 0 radical (unpaired) electrons. The Morgan fingerprint density at radius 1 is 1.10 bits per heavy atom. The van der Waals surface area contributed by atoms with Crippen LogP contribution in [-0.2, 0) is 5.41 Å². The van der Waals surface area contributed by atoms with Crippen LogP contribution in [0.1, 0.15) is 61.5 Å². The lowest BCUT2D eigenvalue weighted by atomic mass is 9.86. The molecule has 1 aromatic carbocycles. The van der Waals surface area contributed by atoms with Crippen LogP contribution < -0.4 is 15.1 Å². The molecule has 158 valence electrons. The number of nitrogens with one attached hydrogen (secondary N) is 3. The first-order valence-corrected chi connectivity index (χ1v) is 11.8. The number of benzene rings is 1. The van der Waals surface area contributed by atoms with E-state index in [1.54, 1.807) is 9.80 Å². The molecule has 1 aliphatic heterocycles. The monoisotopic (exact) mass is 415 g/mol. The Kier molecular flexibility index (Phi) is 7.14. The number of likely N-dealkylation sites (N-methyl/N-ethyl adjacent to an activating group) is 1. The van der Waals surface area contributed by atoms with Gasteiger partial charge in [-0.25, -0.2) is 0 Å². The van der Waals surface area contributed by atoms with E-state index >= 15 is 0 Å². The van der Waals surface area contributed by atoms with Crippen LogP contribution in [-0.4, -0.2) is 44.7 Å². The highest BCUT2D eigenvalue weighted by Crippen LogP contribution is 2.23. The van der Waals surface area contributed by atoms with Gasteiger partial charge in [-0.05, 0) is 48.4 Å². The highest BCUT2D eigenvalue weighted by atomic mass is 32.1. The molecule has 1 saturated heterocycles. The Bertz CT molecular complexity index is 771. The van der Waals surface area contributed by atoms with E-state index < -0.39 is 0 Å². The number of rotatable bonds is 6. The van der Waals surface area contributed by atoms with Crippen molar-refractivity contribution >= 4 is 17.2 Å². The Morgan fingerprint density at radius 3 is 2.28 bits per heavy atom. The summed E-state index contributed by atoms with van der Waals surface area (Å²) in [5.74, 6) is 0.0248. The summed E-state index contributed by atoms with van der Waals surface area (Å²) >= 11 is 1.81. The summed E-state index contributed by atoms with van der Waals surface area (Å²) in [4.78, 5) is 17.6. The van der Waals surface area contributed by atoms with E-state index in [9.17, 15) is 4.79 Å². The maximum absolute atomic E-state index is 13.0. The number of thiophene rings is 1. The zero-order valence-electron chi connectivity index (χ0n) is 18.5. The third-order valence-corrected chi connectivity index (χ3v) is 7.22. The molecule has 2 heterocycles. The molecule has 5 heteroatoms. The van der Waals surface area contributed by atoms with Crippen molar-refractivity contribution in [2.45, 2.75) is 52.1 Å². The van der Waals surface area contributed by atoms with Crippen LogP contribution in [0.4, 0.5) is 0 Å². The minimum absolute atomic E-state index is 0.0248. The van der Waals surface area contributed by atoms with Crippen LogP contribution >= 0.6 is 11.3 Å². The van der Waals surface area contributed by atoms with Gasteiger partial charge in [-0.2, -0.15) is 0 Å². The molecule has 0 aliphatic carbocycles. The molecule has 1 amide bonds. The summed E-state index contributed by atoms with van der Waals surface area (Å²) < 4.78 is 0. The van der Waals surface area contributed by atoms with Crippen LogP contribution in [0.2, 0.25) is 0 Å². The summed E-state index contributed by atoms with van der Waals surface area (Å²) in [5.41, 5.74) is 2.09. The van der Waals surface area contributed by atoms with E-state index in [0.717, 1.165) is 18.7 Å². The molecular weight excluding hydrogens is 378 g/mol. The molecule has 2 aromatic rings. The molecule has 4 nitrogen and oxygen atoms in total. The second-order valence-electron chi connectivity index (χ2n) is 9.34. The molecule has 1 fully saturated rings. The fourth-order valence-corrected chi connectivity index (χ4v) is 5.34. The van der Waals surface area contributed by atoms with E-state index in [2.05, 4.69) is 69.6 Å². The summed E-state index contributed by atoms with van der Waals surface area (Å²) in [6.07, 6.45) is 0. The molecule has 3 N–H and O–H groups in total. The SMILES string of the molecule is CC[NH+]1CC[NH+]([C@H](c2cccs2)[C@H](C)NC(=O)c2ccc(C(C)(C)C)cc2)CC1. The fraction of sp³-hybridized carbons (Fsp3) is 0.542. The van der Waals surface area contributed by atoms with Gasteiger partial charge in [0.25, 0.3) is 5.91 Å². The number of amides is 1. The Morgan fingerprint density at radius 2 is 1.76 bits per heavy atom. The van der Waals surface area contributed by atoms with Crippen molar-refractivity contribution in [1.82, 2.24) is 5.32 Å². The van der Waals surface area contributed by atoms with Gasteiger partial charge in [0.05, 0.1) is 17.5 Å². The Balaban J connectivity index is 1.71. The molecule has 0 unspecified atom stereocenters. The van der Waals surface area contributed by atoms with Crippen molar-refractivity contribution in [2.75, 3.05) is 32.7 Å². The standard InChI is InChI=1S/C24H35N3OS/c1-6-26-13-15-27(16-14-26)22(21-8-7-17-29-21)18(2)25-23(28)19-9-11-20(12-10-19)24(3,4)5/h7-12,17-18,22H,6,13-16H2,1-5H3,(H,25,28)/p+2/t18-,22-/m0/s1. The van der Waals surface area contributed by atoms with Gasteiger partial charge in [0.15, 0.2) is 0 Å². The lowest BCUT2D eigenvalue weighted by Crippen LogP contribution is -3.28. The van der Waals surface area contributed by atoms with E-state index in [4.69, 9.17) is 0 Å². The van der Waals surface area contributed by atoms with Gasteiger partial charge < -0.3 is 15.1 Å². The van der Waals surface area contributed by atoms with Crippen LogP contribution in [0.3, 0.4) is 0 Å². The molecule has 0 saturated carbocycles. The lowest BCUT2D eigenvalue weighted by molar-refractivity contribution is -1.03. The third-order valence-electron chi connectivity index (χ3n) is 6.26. The van der Waals surface area contributed by atoms with Gasteiger partial charge in [0.1, 0.15) is 32.2 Å². The summed E-state index contributed by atoms with van der Waals surface area (Å²) in [7, 11) is 0. The lowest BCUT2D eigenvalue weighted by Gasteiger charge is -2.36. The number of piperazine rings is 1. The van der Waals surface area contributed by atoms with Crippen LogP contribution in [0, 0.1) is 0 Å². The highest BCUT2D eigenvalue weighted by molar-refractivity contribution is 7.10. The number of quaternary nitrogens is 2. The largest absolute Gasteiger partial charge is 0.343 e. The van der Waals surface area contributed by atoms with E-state index in [1.807, 2.05) is 23.5 Å². The third kappa shape index (κ3) is 5.47. The van der Waals surface area contributed by atoms with Gasteiger partial charge in [0.2, 0.25) is 0 Å². The van der Waals surface area contributed by atoms with Crippen molar-refractivity contribution in [3.8, 4) is 0 Å². The van der Waals surface area contributed by atoms with Crippen molar-refractivity contribution < 1.29 is 14.6 Å². The van der Waals surface area contributed by atoms with Crippen LogP contribution in [0.5, 0.6) is 0 Å². The second kappa shape index (κ2) is 9.41. The van der Waals surface area contributed by atoms with Crippen molar-refractivity contribution in [3.63, 3.8) is 0 Å². The van der Waals surface area contributed by atoms with E-state index in [1.165, 1.54) is 30.1 Å². The van der Waals surface area contributed by atoms with Gasteiger partial charge >= 0.3 is 0 Å².